The summed E-state index contributed by atoms with van der Waals surface area (Å²) in [5.74, 6) is 0.968. The zero-order chi connectivity index (χ0) is 11.1. The fourth-order valence-corrected chi connectivity index (χ4v) is 2.61. The predicted molar refractivity (Wildman–Crippen MR) is 61.1 cm³/mol. The zero-order valence-corrected chi connectivity index (χ0v) is 10.8. The molecule has 0 radical (unpaired) electrons. The van der Waals surface area contributed by atoms with Crippen LogP contribution < -0.4 is 9.47 Å². The molecule has 1 aliphatic rings. The van der Waals surface area contributed by atoms with Gasteiger partial charge in [-0.15, -0.1) is 0 Å². The van der Waals surface area contributed by atoms with Crippen LogP contribution in [-0.4, -0.2) is 32.9 Å². The van der Waals surface area contributed by atoms with Gasteiger partial charge in [0.15, 0.2) is 26.4 Å². The second kappa shape index (κ2) is 3.78. The van der Waals surface area contributed by atoms with Crippen LogP contribution in [-0.2, 0) is 9.84 Å². The predicted octanol–water partition coefficient (Wildman–Crippen LogP) is 0.861. The SMILES string of the molecule is CS(=O)(=O)c1cc2c(c(I)n1)OCCO2. The number of hydrogen-bond acceptors (Lipinski definition) is 5. The first-order valence-electron chi connectivity index (χ1n) is 4.14. The van der Waals surface area contributed by atoms with Gasteiger partial charge in [0.2, 0.25) is 0 Å². The van der Waals surface area contributed by atoms with Crippen molar-refractivity contribution in [1.29, 1.82) is 0 Å². The Morgan fingerprint density at radius 2 is 2.07 bits per heavy atom. The summed E-state index contributed by atoms with van der Waals surface area (Å²) in [7, 11) is -3.31. The van der Waals surface area contributed by atoms with Gasteiger partial charge < -0.3 is 9.47 Å². The summed E-state index contributed by atoms with van der Waals surface area (Å²) in [5, 5.41) is 0.0103. The first-order valence-corrected chi connectivity index (χ1v) is 7.12. The highest BCUT2D eigenvalue weighted by Gasteiger charge is 2.21. The lowest BCUT2D eigenvalue weighted by Gasteiger charge is -2.19. The molecule has 0 bridgehead atoms. The van der Waals surface area contributed by atoms with Crippen LogP contribution in [0.5, 0.6) is 11.5 Å². The molecule has 7 heteroatoms. The first-order chi connectivity index (χ1) is 6.98. The maximum Gasteiger partial charge on any atom is 0.193 e. The second-order valence-corrected chi connectivity index (χ2v) is 6.03. The number of pyridine rings is 1. The molecule has 0 aromatic carbocycles. The number of ether oxygens (including phenoxy) is 2. The summed E-state index contributed by atoms with van der Waals surface area (Å²) in [6.45, 7) is 0.888. The van der Waals surface area contributed by atoms with Crippen molar-refractivity contribution in [2.75, 3.05) is 19.5 Å². The second-order valence-electron chi connectivity index (χ2n) is 3.05. The molecule has 2 rings (SSSR count). The van der Waals surface area contributed by atoms with Crippen molar-refractivity contribution >= 4 is 32.4 Å². The van der Waals surface area contributed by atoms with E-state index in [1.54, 1.807) is 0 Å². The van der Waals surface area contributed by atoms with Gasteiger partial charge in [-0.05, 0) is 22.6 Å². The Labute approximate surface area is 101 Å². The highest BCUT2D eigenvalue weighted by molar-refractivity contribution is 14.1. The Balaban J connectivity index is 2.60. The summed E-state index contributed by atoms with van der Waals surface area (Å²) < 4.78 is 33.8. The highest BCUT2D eigenvalue weighted by atomic mass is 127. The van der Waals surface area contributed by atoms with Crippen molar-refractivity contribution in [2.45, 2.75) is 5.03 Å². The average molecular weight is 341 g/mol. The van der Waals surface area contributed by atoms with Crippen LogP contribution in [0.15, 0.2) is 11.1 Å². The van der Waals surface area contributed by atoms with Gasteiger partial charge in [-0.25, -0.2) is 13.4 Å². The summed E-state index contributed by atoms with van der Waals surface area (Å²) in [6, 6.07) is 1.39. The van der Waals surface area contributed by atoms with E-state index < -0.39 is 9.84 Å². The lowest BCUT2D eigenvalue weighted by Crippen LogP contribution is -2.17. The van der Waals surface area contributed by atoms with E-state index in [1.165, 1.54) is 6.07 Å². The van der Waals surface area contributed by atoms with Gasteiger partial charge in [-0.1, -0.05) is 0 Å². The maximum absolute atomic E-state index is 11.3. The Hall–Kier alpha value is -0.570. The minimum absolute atomic E-state index is 0.0103. The zero-order valence-electron chi connectivity index (χ0n) is 7.86. The van der Waals surface area contributed by atoms with E-state index >= 15 is 0 Å². The van der Waals surface area contributed by atoms with E-state index in [9.17, 15) is 8.42 Å². The van der Waals surface area contributed by atoms with Gasteiger partial charge in [0.05, 0.1) is 0 Å². The molecule has 1 aromatic rings. The average Bonchev–Trinajstić information content (AvgIpc) is 2.16. The van der Waals surface area contributed by atoms with E-state index in [0.29, 0.717) is 28.4 Å². The molecule has 82 valence electrons. The summed E-state index contributed by atoms with van der Waals surface area (Å²) in [6.07, 6.45) is 1.11. The maximum atomic E-state index is 11.3. The molecule has 0 unspecified atom stereocenters. The monoisotopic (exact) mass is 341 g/mol. The van der Waals surface area contributed by atoms with Crippen molar-refractivity contribution in [2.24, 2.45) is 0 Å². The molecule has 0 saturated carbocycles. The molecule has 15 heavy (non-hydrogen) atoms. The fraction of sp³-hybridized carbons (Fsp3) is 0.375. The van der Waals surface area contributed by atoms with Crippen molar-refractivity contribution in [1.82, 2.24) is 4.98 Å². The molecule has 0 fully saturated rings. The minimum atomic E-state index is -3.31. The third-order valence-electron chi connectivity index (χ3n) is 1.84. The van der Waals surface area contributed by atoms with Crippen LogP contribution in [0, 0.1) is 3.70 Å². The Morgan fingerprint density at radius 3 is 2.73 bits per heavy atom. The van der Waals surface area contributed by atoms with Gasteiger partial charge in [0.25, 0.3) is 0 Å². The first kappa shape index (κ1) is 10.9. The third kappa shape index (κ3) is 2.17. The number of halogens is 1. The molecule has 0 N–H and O–H groups in total. The molecule has 5 nitrogen and oxygen atoms in total. The summed E-state index contributed by atoms with van der Waals surface area (Å²) in [4.78, 5) is 3.95. The fourth-order valence-electron chi connectivity index (χ4n) is 1.18. The summed E-state index contributed by atoms with van der Waals surface area (Å²) in [5.41, 5.74) is 0. The van der Waals surface area contributed by atoms with Crippen molar-refractivity contribution in [3.05, 3.63) is 9.77 Å². The van der Waals surface area contributed by atoms with Crippen LogP contribution in [0.1, 0.15) is 0 Å². The molecular weight excluding hydrogens is 333 g/mol. The standard InChI is InChI=1S/C8H8INO4S/c1-15(11,12)6-4-5-7(8(9)10-6)14-3-2-13-5/h4H,2-3H2,1H3. The Kier molecular flexibility index (Phi) is 2.75. The number of rotatable bonds is 1. The van der Waals surface area contributed by atoms with Gasteiger partial charge in [0, 0.05) is 12.3 Å². The minimum Gasteiger partial charge on any atom is -0.486 e. The quantitative estimate of drug-likeness (QED) is 0.560. The number of aromatic nitrogens is 1. The molecule has 0 aliphatic carbocycles. The molecule has 0 atom stereocenters. The van der Waals surface area contributed by atoms with E-state index in [0.717, 1.165) is 6.26 Å². The van der Waals surface area contributed by atoms with Crippen LogP contribution in [0.4, 0.5) is 0 Å². The van der Waals surface area contributed by atoms with Crippen molar-refractivity contribution < 1.29 is 17.9 Å². The van der Waals surface area contributed by atoms with E-state index in [4.69, 9.17) is 9.47 Å². The molecule has 2 heterocycles. The van der Waals surface area contributed by atoms with Crippen LogP contribution in [0.2, 0.25) is 0 Å². The lowest BCUT2D eigenvalue weighted by atomic mass is 10.4. The van der Waals surface area contributed by atoms with Gasteiger partial charge in [-0.2, -0.15) is 0 Å². The van der Waals surface area contributed by atoms with Crippen molar-refractivity contribution in [3.63, 3.8) is 0 Å². The smallest absolute Gasteiger partial charge is 0.193 e. The molecule has 0 saturated heterocycles. The Bertz CT molecular complexity index is 500. The lowest BCUT2D eigenvalue weighted by molar-refractivity contribution is 0.168. The van der Waals surface area contributed by atoms with Gasteiger partial charge in [-0.3, -0.25) is 0 Å². The van der Waals surface area contributed by atoms with Gasteiger partial charge >= 0.3 is 0 Å². The number of sulfone groups is 1. The molecular formula is C8H8INO4S. The molecule has 1 aromatic heterocycles. The van der Waals surface area contributed by atoms with Crippen LogP contribution in [0.3, 0.4) is 0 Å². The van der Waals surface area contributed by atoms with E-state index in [1.807, 2.05) is 22.6 Å². The van der Waals surface area contributed by atoms with Crippen LogP contribution >= 0.6 is 22.6 Å². The number of nitrogens with zero attached hydrogens (tertiary/aromatic N) is 1. The van der Waals surface area contributed by atoms with E-state index in [-0.39, 0.29) is 5.03 Å². The third-order valence-corrected chi connectivity index (χ3v) is 3.54. The van der Waals surface area contributed by atoms with Crippen LogP contribution in [0.25, 0.3) is 0 Å². The Morgan fingerprint density at radius 1 is 1.40 bits per heavy atom. The normalized spacial score (nSPS) is 15.1. The highest BCUT2D eigenvalue weighted by Crippen LogP contribution is 2.35. The largest absolute Gasteiger partial charge is 0.486 e. The topological polar surface area (TPSA) is 65.5 Å². The molecule has 0 spiro atoms. The molecule has 0 amide bonds. The van der Waals surface area contributed by atoms with Crippen molar-refractivity contribution in [3.8, 4) is 11.5 Å². The molecule has 1 aliphatic heterocycles. The summed E-state index contributed by atoms with van der Waals surface area (Å²) >= 11 is 1.93. The van der Waals surface area contributed by atoms with E-state index in [2.05, 4.69) is 4.98 Å². The van der Waals surface area contributed by atoms with Gasteiger partial charge in [0.1, 0.15) is 16.9 Å². The number of fused-ring (bicyclic) bond motifs is 1. The number of hydrogen-bond donors (Lipinski definition) is 0.